The van der Waals surface area contributed by atoms with E-state index in [0.29, 0.717) is 12.1 Å². The van der Waals surface area contributed by atoms with E-state index in [1.807, 2.05) is 0 Å². The number of likely N-dealkylation sites (tertiary alicyclic amines) is 1. The molecule has 2 unspecified atom stereocenters. The van der Waals surface area contributed by atoms with Crippen LogP contribution in [0.1, 0.15) is 38.7 Å². The van der Waals surface area contributed by atoms with Gasteiger partial charge in [0.05, 0.1) is 0 Å². The minimum Gasteiger partial charge on any atom is -0.357 e. The van der Waals surface area contributed by atoms with Crippen LogP contribution in [0, 0.1) is 0 Å². The molecule has 1 aromatic rings. The lowest BCUT2D eigenvalue weighted by molar-refractivity contribution is 0.134. The number of nitrogens with zero attached hydrogens (tertiary/aromatic N) is 3. The van der Waals surface area contributed by atoms with E-state index in [-0.39, 0.29) is 0 Å². The molecule has 0 radical (unpaired) electrons. The van der Waals surface area contributed by atoms with E-state index in [1.165, 1.54) is 12.0 Å². The van der Waals surface area contributed by atoms with Gasteiger partial charge in [0.15, 0.2) is 5.96 Å². The molecular formula is C21H37N5. The Morgan fingerprint density at radius 1 is 1.27 bits per heavy atom. The van der Waals surface area contributed by atoms with Crippen LogP contribution in [0.25, 0.3) is 0 Å². The first kappa shape index (κ1) is 20.7. The smallest absolute Gasteiger partial charge is 0.191 e. The molecule has 1 aliphatic heterocycles. The van der Waals surface area contributed by atoms with Gasteiger partial charge in [0.2, 0.25) is 0 Å². The maximum Gasteiger partial charge on any atom is 0.191 e. The highest BCUT2D eigenvalue weighted by atomic mass is 15.2. The van der Waals surface area contributed by atoms with Gasteiger partial charge in [-0.1, -0.05) is 30.3 Å². The van der Waals surface area contributed by atoms with Crippen molar-refractivity contribution in [3.63, 3.8) is 0 Å². The highest BCUT2D eigenvalue weighted by Gasteiger charge is 2.25. The van der Waals surface area contributed by atoms with Gasteiger partial charge in [-0.25, -0.2) is 0 Å². The number of nitrogens with one attached hydrogen (secondary N) is 2. The van der Waals surface area contributed by atoms with Crippen molar-refractivity contribution in [1.82, 2.24) is 20.4 Å². The monoisotopic (exact) mass is 359 g/mol. The summed E-state index contributed by atoms with van der Waals surface area (Å²) in [7, 11) is 4.22. The Bertz CT molecular complexity index is 528. The molecule has 146 valence electrons. The molecule has 1 heterocycles. The molecule has 0 aliphatic carbocycles. The fourth-order valence-corrected chi connectivity index (χ4v) is 3.50. The Balaban J connectivity index is 1.81. The van der Waals surface area contributed by atoms with Crippen molar-refractivity contribution in [3.05, 3.63) is 35.9 Å². The van der Waals surface area contributed by atoms with E-state index >= 15 is 0 Å². The number of guanidine groups is 1. The minimum absolute atomic E-state index is 0.503. The molecular weight excluding hydrogens is 322 g/mol. The highest BCUT2D eigenvalue weighted by molar-refractivity contribution is 5.80. The van der Waals surface area contributed by atoms with Crippen LogP contribution in [0.5, 0.6) is 0 Å². The lowest BCUT2D eigenvalue weighted by Crippen LogP contribution is -2.51. The first-order valence-electron chi connectivity index (χ1n) is 10.1. The largest absolute Gasteiger partial charge is 0.357 e. The minimum atomic E-state index is 0.503. The predicted octanol–water partition coefficient (Wildman–Crippen LogP) is 2.55. The van der Waals surface area contributed by atoms with Crippen molar-refractivity contribution in [2.45, 2.75) is 51.7 Å². The Hall–Kier alpha value is -1.59. The second-order valence-electron chi connectivity index (χ2n) is 7.59. The molecule has 1 fully saturated rings. The van der Waals surface area contributed by atoms with E-state index in [1.54, 1.807) is 0 Å². The molecule has 0 saturated carbocycles. The first-order chi connectivity index (χ1) is 12.6. The van der Waals surface area contributed by atoms with Gasteiger partial charge in [-0.05, 0) is 59.3 Å². The lowest BCUT2D eigenvalue weighted by Gasteiger charge is -2.38. The van der Waals surface area contributed by atoms with E-state index in [4.69, 9.17) is 4.99 Å². The molecule has 0 bridgehead atoms. The highest BCUT2D eigenvalue weighted by Crippen LogP contribution is 2.19. The standard InChI is InChI=1S/C21H37N5/c1-5-22-21(23-13-9-14-25(3)4)24-20-12-15-26(18(2)16-20)17-19-10-7-6-8-11-19/h6-8,10-11,18,20H,5,9,12-17H2,1-4H3,(H2,22,23,24). The van der Waals surface area contributed by atoms with E-state index in [0.717, 1.165) is 51.5 Å². The molecule has 26 heavy (non-hydrogen) atoms. The third-order valence-corrected chi connectivity index (χ3v) is 4.96. The SMILES string of the molecule is CCNC(=NCCCN(C)C)NC1CCN(Cc2ccccc2)C(C)C1. The average molecular weight is 360 g/mol. The molecule has 2 atom stereocenters. The summed E-state index contributed by atoms with van der Waals surface area (Å²) in [5.41, 5.74) is 1.40. The summed E-state index contributed by atoms with van der Waals surface area (Å²) in [6.07, 6.45) is 3.42. The number of aliphatic imine (C=N–C) groups is 1. The molecule has 2 rings (SSSR count). The second kappa shape index (κ2) is 11.2. The molecule has 1 aromatic carbocycles. The van der Waals surface area contributed by atoms with Crippen molar-refractivity contribution < 1.29 is 0 Å². The molecule has 0 aromatic heterocycles. The fourth-order valence-electron chi connectivity index (χ4n) is 3.50. The molecule has 5 heteroatoms. The molecule has 2 N–H and O–H groups in total. The van der Waals surface area contributed by atoms with Crippen LogP contribution in [-0.4, -0.2) is 68.1 Å². The molecule has 1 saturated heterocycles. The first-order valence-corrected chi connectivity index (χ1v) is 10.1. The van der Waals surface area contributed by atoms with Gasteiger partial charge in [-0.3, -0.25) is 9.89 Å². The van der Waals surface area contributed by atoms with Crippen molar-refractivity contribution in [2.24, 2.45) is 4.99 Å². The third-order valence-electron chi connectivity index (χ3n) is 4.96. The van der Waals surface area contributed by atoms with E-state index < -0.39 is 0 Å². The van der Waals surface area contributed by atoms with Gasteiger partial charge in [-0.2, -0.15) is 0 Å². The number of benzene rings is 1. The Kier molecular flexibility index (Phi) is 8.92. The van der Waals surface area contributed by atoms with Gasteiger partial charge >= 0.3 is 0 Å². The topological polar surface area (TPSA) is 42.9 Å². The van der Waals surface area contributed by atoms with Crippen LogP contribution in [0.3, 0.4) is 0 Å². The number of hydrogen-bond donors (Lipinski definition) is 2. The van der Waals surface area contributed by atoms with Crippen molar-refractivity contribution >= 4 is 5.96 Å². The normalized spacial score (nSPS) is 21.8. The quantitative estimate of drug-likeness (QED) is 0.425. The summed E-state index contributed by atoms with van der Waals surface area (Å²) in [4.78, 5) is 9.55. The maximum atomic E-state index is 4.75. The Labute approximate surface area is 159 Å². The number of hydrogen-bond acceptors (Lipinski definition) is 3. The van der Waals surface area contributed by atoms with Crippen LogP contribution in [0.4, 0.5) is 0 Å². The average Bonchev–Trinajstić information content (AvgIpc) is 2.62. The Morgan fingerprint density at radius 3 is 2.69 bits per heavy atom. The van der Waals surface area contributed by atoms with Crippen LogP contribution < -0.4 is 10.6 Å². The number of piperidine rings is 1. The molecule has 1 aliphatic rings. The lowest BCUT2D eigenvalue weighted by atomic mass is 9.97. The van der Waals surface area contributed by atoms with Crippen LogP contribution in [0.2, 0.25) is 0 Å². The van der Waals surface area contributed by atoms with E-state index in [9.17, 15) is 0 Å². The summed E-state index contributed by atoms with van der Waals surface area (Å²) in [6, 6.07) is 11.9. The predicted molar refractivity (Wildman–Crippen MR) is 112 cm³/mol. The van der Waals surface area contributed by atoms with Crippen LogP contribution in [-0.2, 0) is 6.54 Å². The summed E-state index contributed by atoms with van der Waals surface area (Å²) >= 11 is 0. The zero-order valence-corrected chi connectivity index (χ0v) is 17.0. The van der Waals surface area contributed by atoms with Crippen molar-refractivity contribution in [1.29, 1.82) is 0 Å². The van der Waals surface area contributed by atoms with Crippen molar-refractivity contribution in [3.8, 4) is 0 Å². The molecule has 0 spiro atoms. The fraction of sp³-hybridized carbons (Fsp3) is 0.667. The van der Waals surface area contributed by atoms with Crippen molar-refractivity contribution in [2.75, 3.05) is 40.3 Å². The molecule has 0 amide bonds. The van der Waals surface area contributed by atoms with Gasteiger partial charge in [-0.15, -0.1) is 0 Å². The van der Waals surface area contributed by atoms with Gasteiger partial charge in [0, 0.05) is 38.3 Å². The third kappa shape index (κ3) is 7.34. The maximum absolute atomic E-state index is 4.75. The molecule has 5 nitrogen and oxygen atoms in total. The zero-order valence-electron chi connectivity index (χ0n) is 17.0. The van der Waals surface area contributed by atoms with Gasteiger partial charge in [0.1, 0.15) is 0 Å². The van der Waals surface area contributed by atoms with Gasteiger partial charge < -0.3 is 15.5 Å². The van der Waals surface area contributed by atoms with Crippen LogP contribution in [0.15, 0.2) is 35.3 Å². The summed E-state index contributed by atoms with van der Waals surface area (Å²) in [6.45, 7) is 9.51. The van der Waals surface area contributed by atoms with E-state index in [2.05, 4.69) is 78.7 Å². The summed E-state index contributed by atoms with van der Waals surface area (Å²) in [5.74, 6) is 0.972. The summed E-state index contributed by atoms with van der Waals surface area (Å²) in [5, 5.41) is 7.05. The Morgan fingerprint density at radius 2 is 2.04 bits per heavy atom. The summed E-state index contributed by atoms with van der Waals surface area (Å²) < 4.78 is 0. The second-order valence-corrected chi connectivity index (χ2v) is 7.59. The van der Waals surface area contributed by atoms with Crippen LogP contribution >= 0.6 is 0 Å². The van der Waals surface area contributed by atoms with Gasteiger partial charge in [0.25, 0.3) is 0 Å². The zero-order chi connectivity index (χ0) is 18.8. The number of rotatable bonds is 8.